The van der Waals surface area contributed by atoms with Gasteiger partial charge in [0, 0.05) is 12.3 Å². The quantitative estimate of drug-likeness (QED) is 0.599. The van der Waals surface area contributed by atoms with Gasteiger partial charge in [0.2, 0.25) is 0 Å². The van der Waals surface area contributed by atoms with Crippen LogP contribution in [0.1, 0.15) is 29.0 Å². The van der Waals surface area contributed by atoms with Crippen LogP contribution in [0.25, 0.3) is 11.1 Å². The molecule has 0 radical (unpaired) electrons. The summed E-state index contributed by atoms with van der Waals surface area (Å²) >= 11 is 0. The molecule has 168 valence electrons. The normalized spacial score (nSPS) is 19.2. The number of rotatable bonds is 6. The van der Waals surface area contributed by atoms with Crippen molar-refractivity contribution in [1.82, 2.24) is 4.90 Å². The van der Waals surface area contributed by atoms with Gasteiger partial charge in [0.05, 0.1) is 19.3 Å². The molecule has 6 nitrogen and oxygen atoms in total. The Morgan fingerprint density at radius 2 is 1.48 bits per heavy atom. The molecule has 1 fully saturated rings. The van der Waals surface area contributed by atoms with Gasteiger partial charge in [0.1, 0.15) is 12.6 Å². The summed E-state index contributed by atoms with van der Waals surface area (Å²) in [6.45, 7) is 0.724. The Morgan fingerprint density at radius 1 is 0.879 bits per heavy atom. The van der Waals surface area contributed by atoms with E-state index < -0.39 is 18.1 Å². The molecule has 6 heteroatoms. The maximum Gasteiger partial charge on any atom is 0.410 e. The average molecular weight is 443 g/mol. The number of fused-ring (bicyclic) bond motifs is 3. The van der Waals surface area contributed by atoms with Crippen LogP contribution < -0.4 is 0 Å². The van der Waals surface area contributed by atoms with Gasteiger partial charge in [-0.2, -0.15) is 0 Å². The Morgan fingerprint density at radius 3 is 2.12 bits per heavy atom. The lowest BCUT2D eigenvalue weighted by atomic mass is 9.98. The van der Waals surface area contributed by atoms with Crippen LogP contribution >= 0.6 is 0 Å². The van der Waals surface area contributed by atoms with E-state index in [1.165, 1.54) is 4.90 Å². The summed E-state index contributed by atoms with van der Waals surface area (Å²) in [6.07, 6.45) is -0.728. The van der Waals surface area contributed by atoms with E-state index in [0.29, 0.717) is 6.61 Å². The van der Waals surface area contributed by atoms with E-state index in [4.69, 9.17) is 9.47 Å². The highest BCUT2D eigenvalue weighted by molar-refractivity contribution is 5.81. The number of nitrogens with zero attached hydrogens (tertiary/aromatic N) is 1. The van der Waals surface area contributed by atoms with Gasteiger partial charge < -0.3 is 14.6 Å². The summed E-state index contributed by atoms with van der Waals surface area (Å²) in [5, 5.41) is 9.67. The largest absolute Gasteiger partial charge is 0.480 e. The zero-order chi connectivity index (χ0) is 22.8. The third-order valence-electron chi connectivity index (χ3n) is 6.45. The van der Waals surface area contributed by atoms with Crippen LogP contribution in [0.4, 0.5) is 4.79 Å². The molecule has 1 saturated heterocycles. The lowest BCUT2D eigenvalue weighted by Gasteiger charge is -2.22. The summed E-state index contributed by atoms with van der Waals surface area (Å²) in [5.41, 5.74) is 5.53. The molecular formula is C27H25NO5. The van der Waals surface area contributed by atoms with Crippen LogP contribution in [0.2, 0.25) is 0 Å². The van der Waals surface area contributed by atoms with Gasteiger partial charge in [-0.1, -0.05) is 78.9 Å². The fourth-order valence-corrected chi connectivity index (χ4v) is 4.82. The van der Waals surface area contributed by atoms with Crippen LogP contribution in [-0.4, -0.2) is 47.4 Å². The van der Waals surface area contributed by atoms with Crippen LogP contribution in [-0.2, 0) is 20.9 Å². The van der Waals surface area contributed by atoms with E-state index in [-0.39, 0.29) is 31.6 Å². The van der Waals surface area contributed by atoms with Crippen molar-refractivity contribution in [3.63, 3.8) is 0 Å². The molecular weight excluding hydrogens is 418 g/mol. The number of amides is 1. The first-order valence-corrected chi connectivity index (χ1v) is 11.1. The average Bonchev–Trinajstić information content (AvgIpc) is 3.42. The number of carbonyl (C=O) groups excluding carboxylic acids is 1. The second-order valence-corrected chi connectivity index (χ2v) is 8.46. The van der Waals surface area contributed by atoms with Crippen LogP contribution in [0.3, 0.4) is 0 Å². The van der Waals surface area contributed by atoms with Gasteiger partial charge in [0.15, 0.2) is 0 Å². The molecule has 1 aliphatic carbocycles. The van der Waals surface area contributed by atoms with E-state index in [2.05, 4.69) is 24.3 Å². The Balaban J connectivity index is 1.26. The molecule has 0 bridgehead atoms. The molecule has 0 saturated carbocycles. The molecule has 1 heterocycles. The van der Waals surface area contributed by atoms with Gasteiger partial charge in [0.25, 0.3) is 0 Å². The summed E-state index contributed by atoms with van der Waals surface area (Å²) in [4.78, 5) is 26.0. The van der Waals surface area contributed by atoms with Crippen molar-refractivity contribution in [2.75, 3.05) is 13.2 Å². The predicted molar refractivity (Wildman–Crippen MR) is 123 cm³/mol. The Hall–Kier alpha value is -3.64. The number of carbonyl (C=O) groups is 2. The Kier molecular flexibility index (Phi) is 5.84. The molecule has 1 amide bonds. The molecule has 33 heavy (non-hydrogen) atoms. The maximum atomic E-state index is 12.9. The van der Waals surface area contributed by atoms with Crippen molar-refractivity contribution in [3.05, 3.63) is 95.6 Å². The number of hydrogen-bond acceptors (Lipinski definition) is 4. The lowest BCUT2D eigenvalue weighted by molar-refractivity contribution is -0.141. The van der Waals surface area contributed by atoms with Crippen molar-refractivity contribution >= 4 is 12.1 Å². The van der Waals surface area contributed by atoms with Crippen molar-refractivity contribution in [3.8, 4) is 11.1 Å². The summed E-state index contributed by atoms with van der Waals surface area (Å²) in [7, 11) is 0. The second-order valence-electron chi connectivity index (χ2n) is 8.46. The minimum atomic E-state index is -1.05. The summed E-state index contributed by atoms with van der Waals surface area (Å²) in [6, 6.07) is 24.9. The van der Waals surface area contributed by atoms with Crippen molar-refractivity contribution in [1.29, 1.82) is 0 Å². The zero-order valence-electron chi connectivity index (χ0n) is 18.1. The second kappa shape index (κ2) is 9.08. The molecule has 0 spiro atoms. The summed E-state index contributed by atoms with van der Waals surface area (Å²) in [5.74, 6) is -1.12. The number of carboxylic acids is 1. The Labute approximate surface area is 192 Å². The maximum absolute atomic E-state index is 12.9. The minimum absolute atomic E-state index is 0.0719. The molecule has 2 atom stereocenters. The molecule has 5 rings (SSSR count). The van der Waals surface area contributed by atoms with Gasteiger partial charge in [-0.3, -0.25) is 4.90 Å². The highest BCUT2D eigenvalue weighted by Gasteiger charge is 2.41. The smallest absolute Gasteiger partial charge is 0.410 e. The predicted octanol–water partition coefficient (Wildman–Crippen LogP) is 4.68. The fraction of sp³-hybridized carbons (Fsp3) is 0.259. The molecule has 1 N–H and O–H groups in total. The number of likely N-dealkylation sites (tertiary alicyclic amines) is 1. The monoisotopic (exact) mass is 443 g/mol. The molecule has 3 aromatic rings. The van der Waals surface area contributed by atoms with Crippen LogP contribution in [0.15, 0.2) is 78.9 Å². The molecule has 0 aromatic heterocycles. The fourth-order valence-electron chi connectivity index (χ4n) is 4.82. The third-order valence-corrected chi connectivity index (χ3v) is 6.45. The molecule has 3 aromatic carbocycles. The van der Waals surface area contributed by atoms with Crippen molar-refractivity contribution in [2.24, 2.45) is 0 Å². The van der Waals surface area contributed by atoms with E-state index in [1.807, 2.05) is 54.6 Å². The van der Waals surface area contributed by atoms with Crippen LogP contribution in [0, 0.1) is 0 Å². The van der Waals surface area contributed by atoms with Gasteiger partial charge in [-0.05, 0) is 27.8 Å². The van der Waals surface area contributed by atoms with E-state index in [0.717, 1.165) is 27.8 Å². The highest BCUT2D eigenvalue weighted by Crippen LogP contribution is 2.44. The van der Waals surface area contributed by atoms with Gasteiger partial charge >= 0.3 is 12.1 Å². The topological polar surface area (TPSA) is 76.1 Å². The highest BCUT2D eigenvalue weighted by atomic mass is 16.6. The Bertz CT molecular complexity index is 1120. The molecule has 0 unspecified atom stereocenters. The lowest BCUT2D eigenvalue weighted by Crippen LogP contribution is -2.41. The number of ether oxygens (including phenoxy) is 2. The molecule has 1 aliphatic heterocycles. The minimum Gasteiger partial charge on any atom is -0.480 e. The van der Waals surface area contributed by atoms with E-state index in [1.54, 1.807) is 0 Å². The number of benzene rings is 3. The number of carboxylic acid groups (broad SMARTS) is 1. The van der Waals surface area contributed by atoms with Crippen molar-refractivity contribution < 1.29 is 24.2 Å². The van der Waals surface area contributed by atoms with E-state index in [9.17, 15) is 14.7 Å². The number of hydrogen-bond donors (Lipinski definition) is 1. The summed E-state index contributed by atoms with van der Waals surface area (Å²) < 4.78 is 11.6. The zero-order valence-corrected chi connectivity index (χ0v) is 18.1. The first-order chi connectivity index (χ1) is 16.1. The molecule has 2 aliphatic rings. The standard InChI is InChI=1S/C27H25NO5/c29-26(30)25-14-19(32-16-18-8-2-1-3-9-18)15-28(25)27(31)33-17-24-22-12-6-4-10-20(22)21-11-5-7-13-23(21)24/h1-13,19,24-25H,14-17H2,(H,29,30)/t19-,25+/m1/s1. The van der Waals surface area contributed by atoms with Gasteiger partial charge in [-0.25, -0.2) is 9.59 Å². The van der Waals surface area contributed by atoms with Crippen LogP contribution in [0.5, 0.6) is 0 Å². The number of aliphatic carboxylic acids is 1. The first kappa shape index (κ1) is 21.2. The first-order valence-electron chi connectivity index (χ1n) is 11.1. The van der Waals surface area contributed by atoms with Crippen molar-refractivity contribution in [2.45, 2.75) is 31.1 Å². The third kappa shape index (κ3) is 4.22. The van der Waals surface area contributed by atoms with E-state index >= 15 is 0 Å². The van der Waals surface area contributed by atoms with Gasteiger partial charge in [-0.15, -0.1) is 0 Å². The SMILES string of the molecule is O=C(O)[C@@H]1C[C@@H](OCc2ccccc2)CN1C(=O)OCC1c2ccccc2-c2ccccc21.